The van der Waals surface area contributed by atoms with Gasteiger partial charge in [0.2, 0.25) is 5.91 Å². The molecule has 98 valence electrons. The molecule has 1 unspecified atom stereocenters. The second-order valence-electron chi connectivity index (χ2n) is 5.08. The Bertz CT molecular complexity index is 414. The van der Waals surface area contributed by atoms with Gasteiger partial charge in [0.1, 0.15) is 0 Å². The number of anilines is 2. The van der Waals surface area contributed by atoms with Gasteiger partial charge in [-0.05, 0) is 44.8 Å². The average Bonchev–Trinajstić information content (AvgIpc) is 2.78. The molecule has 1 heterocycles. The maximum absolute atomic E-state index is 10.9. The molecule has 1 aromatic rings. The first-order valence-electron chi connectivity index (χ1n) is 6.35. The number of hydrogen-bond acceptors (Lipinski definition) is 3. The van der Waals surface area contributed by atoms with E-state index in [9.17, 15) is 4.79 Å². The molecule has 1 N–H and O–H groups in total. The van der Waals surface area contributed by atoms with Crippen molar-refractivity contribution in [2.24, 2.45) is 0 Å². The monoisotopic (exact) mass is 247 g/mol. The second kappa shape index (κ2) is 5.40. The number of rotatable bonds is 3. The van der Waals surface area contributed by atoms with E-state index in [1.54, 1.807) is 0 Å². The SMILES string of the molecule is CC(=O)Nc1ccc(N2CCC(N(C)C)C2)cc1. The van der Waals surface area contributed by atoms with Crippen LogP contribution >= 0.6 is 0 Å². The van der Waals surface area contributed by atoms with Gasteiger partial charge in [0, 0.05) is 37.4 Å². The summed E-state index contributed by atoms with van der Waals surface area (Å²) >= 11 is 0. The molecule has 0 radical (unpaired) electrons. The number of likely N-dealkylation sites (N-methyl/N-ethyl adjacent to an activating group) is 1. The second-order valence-corrected chi connectivity index (χ2v) is 5.08. The lowest BCUT2D eigenvalue weighted by Gasteiger charge is -2.22. The van der Waals surface area contributed by atoms with E-state index in [4.69, 9.17) is 0 Å². The molecule has 1 saturated heterocycles. The standard InChI is InChI=1S/C14H21N3O/c1-11(18)15-12-4-6-13(7-5-12)17-9-8-14(10-17)16(2)3/h4-7,14H,8-10H2,1-3H3,(H,15,18). The minimum atomic E-state index is -0.0309. The summed E-state index contributed by atoms with van der Waals surface area (Å²) in [6.45, 7) is 3.70. The van der Waals surface area contributed by atoms with Gasteiger partial charge in [0.05, 0.1) is 0 Å². The quantitative estimate of drug-likeness (QED) is 0.884. The lowest BCUT2D eigenvalue weighted by Crippen LogP contribution is -2.31. The van der Waals surface area contributed by atoms with Crippen molar-refractivity contribution in [1.82, 2.24) is 4.90 Å². The van der Waals surface area contributed by atoms with E-state index >= 15 is 0 Å². The first kappa shape index (κ1) is 12.9. The summed E-state index contributed by atoms with van der Waals surface area (Å²) in [7, 11) is 4.27. The minimum absolute atomic E-state index is 0.0309. The number of hydrogen-bond donors (Lipinski definition) is 1. The van der Waals surface area contributed by atoms with E-state index in [1.165, 1.54) is 19.0 Å². The zero-order chi connectivity index (χ0) is 13.1. The van der Waals surface area contributed by atoms with E-state index < -0.39 is 0 Å². The van der Waals surface area contributed by atoms with Gasteiger partial charge in [-0.3, -0.25) is 4.79 Å². The maximum atomic E-state index is 10.9. The Balaban J connectivity index is 2.00. The van der Waals surface area contributed by atoms with Gasteiger partial charge < -0.3 is 15.1 Å². The van der Waals surface area contributed by atoms with Crippen LogP contribution in [0.1, 0.15) is 13.3 Å². The molecule has 0 bridgehead atoms. The van der Waals surface area contributed by atoms with Gasteiger partial charge in [-0.15, -0.1) is 0 Å². The van der Waals surface area contributed by atoms with Crippen molar-refractivity contribution in [2.75, 3.05) is 37.4 Å². The van der Waals surface area contributed by atoms with E-state index in [1.807, 2.05) is 12.1 Å². The van der Waals surface area contributed by atoms with Crippen LogP contribution in [0.15, 0.2) is 24.3 Å². The van der Waals surface area contributed by atoms with Gasteiger partial charge in [-0.2, -0.15) is 0 Å². The maximum Gasteiger partial charge on any atom is 0.221 e. The zero-order valence-corrected chi connectivity index (χ0v) is 11.3. The molecule has 1 atom stereocenters. The highest BCUT2D eigenvalue weighted by atomic mass is 16.1. The number of nitrogens with zero attached hydrogens (tertiary/aromatic N) is 2. The Hall–Kier alpha value is -1.55. The molecule has 1 aliphatic heterocycles. The fraction of sp³-hybridized carbons (Fsp3) is 0.500. The highest BCUT2D eigenvalue weighted by molar-refractivity contribution is 5.88. The van der Waals surface area contributed by atoms with E-state index in [0.717, 1.165) is 18.8 Å². The Morgan fingerprint density at radius 1 is 1.33 bits per heavy atom. The summed E-state index contributed by atoms with van der Waals surface area (Å²) in [4.78, 5) is 15.6. The normalized spacial score (nSPS) is 19.3. The molecular formula is C14H21N3O. The summed E-state index contributed by atoms with van der Waals surface area (Å²) in [6.07, 6.45) is 1.21. The number of carbonyl (C=O) groups is 1. The molecule has 4 nitrogen and oxygen atoms in total. The van der Waals surface area contributed by atoms with Crippen molar-refractivity contribution in [1.29, 1.82) is 0 Å². The number of benzene rings is 1. The Labute approximate surface area is 109 Å². The lowest BCUT2D eigenvalue weighted by atomic mass is 10.2. The topological polar surface area (TPSA) is 35.6 Å². The predicted molar refractivity (Wildman–Crippen MR) is 75.1 cm³/mol. The molecule has 1 aliphatic rings. The first-order valence-corrected chi connectivity index (χ1v) is 6.35. The smallest absolute Gasteiger partial charge is 0.221 e. The van der Waals surface area contributed by atoms with Crippen LogP contribution in [0.25, 0.3) is 0 Å². The van der Waals surface area contributed by atoms with Crippen LogP contribution in [-0.4, -0.2) is 44.0 Å². The summed E-state index contributed by atoms with van der Waals surface area (Å²) in [6, 6.07) is 8.70. The third-order valence-electron chi connectivity index (χ3n) is 3.45. The molecule has 4 heteroatoms. The molecule has 1 aromatic carbocycles. The van der Waals surface area contributed by atoms with E-state index in [0.29, 0.717) is 6.04 Å². The predicted octanol–water partition coefficient (Wildman–Crippen LogP) is 1.79. The molecule has 1 fully saturated rings. The molecule has 2 rings (SSSR count). The lowest BCUT2D eigenvalue weighted by molar-refractivity contribution is -0.114. The Kier molecular flexibility index (Phi) is 3.87. The third kappa shape index (κ3) is 3.01. The van der Waals surface area contributed by atoms with Crippen molar-refractivity contribution in [3.05, 3.63) is 24.3 Å². The van der Waals surface area contributed by atoms with Crippen molar-refractivity contribution >= 4 is 17.3 Å². The fourth-order valence-corrected chi connectivity index (χ4v) is 2.36. The van der Waals surface area contributed by atoms with Crippen LogP contribution in [0.3, 0.4) is 0 Å². The van der Waals surface area contributed by atoms with Gasteiger partial charge in [-0.25, -0.2) is 0 Å². The molecule has 0 aromatic heterocycles. The largest absolute Gasteiger partial charge is 0.370 e. The third-order valence-corrected chi connectivity index (χ3v) is 3.45. The van der Waals surface area contributed by atoms with Gasteiger partial charge in [0.15, 0.2) is 0 Å². The van der Waals surface area contributed by atoms with Crippen molar-refractivity contribution in [3.63, 3.8) is 0 Å². The Morgan fingerprint density at radius 3 is 2.50 bits per heavy atom. The molecular weight excluding hydrogens is 226 g/mol. The molecule has 18 heavy (non-hydrogen) atoms. The van der Waals surface area contributed by atoms with Gasteiger partial charge in [0.25, 0.3) is 0 Å². The van der Waals surface area contributed by atoms with Crippen LogP contribution in [0.2, 0.25) is 0 Å². The molecule has 0 spiro atoms. The zero-order valence-electron chi connectivity index (χ0n) is 11.3. The number of nitrogens with one attached hydrogen (secondary N) is 1. The highest BCUT2D eigenvalue weighted by Crippen LogP contribution is 2.23. The molecule has 1 amide bonds. The minimum Gasteiger partial charge on any atom is -0.370 e. The summed E-state index contributed by atoms with van der Waals surface area (Å²) in [5, 5.41) is 2.78. The van der Waals surface area contributed by atoms with E-state index in [-0.39, 0.29) is 5.91 Å². The van der Waals surface area contributed by atoms with Crippen molar-refractivity contribution < 1.29 is 4.79 Å². The molecule has 0 saturated carbocycles. The average molecular weight is 247 g/mol. The summed E-state index contributed by atoms with van der Waals surface area (Å²) < 4.78 is 0. The molecule has 0 aliphatic carbocycles. The van der Waals surface area contributed by atoms with Gasteiger partial charge >= 0.3 is 0 Å². The fourth-order valence-electron chi connectivity index (χ4n) is 2.36. The number of carbonyl (C=O) groups excluding carboxylic acids is 1. The van der Waals surface area contributed by atoms with E-state index in [2.05, 4.69) is 41.3 Å². The summed E-state index contributed by atoms with van der Waals surface area (Å²) in [5.74, 6) is -0.0309. The van der Waals surface area contributed by atoms with Crippen molar-refractivity contribution in [3.8, 4) is 0 Å². The van der Waals surface area contributed by atoms with Crippen LogP contribution < -0.4 is 10.2 Å². The van der Waals surface area contributed by atoms with Crippen LogP contribution in [0.5, 0.6) is 0 Å². The van der Waals surface area contributed by atoms with Crippen LogP contribution in [0.4, 0.5) is 11.4 Å². The summed E-state index contributed by atoms with van der Waals surface area (Å²) in [5.41, 5.74) is 2.09. The van der Waals surface area contributed by atoms with Gasteiger partial charge in [-0.1, -0.05) is 0 Å². The highest BCUT2D eigenvalue weighted by Gasteiger charge is 2.23. The Morgan fingerprint density at radius 2 is 2.00 bits per heavy atom. The van der Waals surface area contributed by atoms with Crippen LogP contribution in [-0.2, 0) is 4.79 Å². The van der Waals surface area contributed by atoms with Crippen LogP contribution in [0, 0.1) is 0 Å². The number of amides is 1. The first-order chi connectivity index (χ1) is 8.56. The van der Waals surface area contributed by atoms with Crippen molar-refractivity contribution in [2.45, 2.75) is 19.4 Å².